The third-order valence-electron chi connectivity index (χ3n) is 5.82. The predicted octanol–water partition coefficient (Wildman–Crippen LogP) is 2.08. The standard InChI is InChI=1S/C20H27N5O3/c26-18(15-7-12-24(13-8-15)20(28)23-10-1-2-11-23)22-16-3-5-17(6-4-16)25-14-9-21-19(25)27/h3-6,15H,1-2,7-14H2,(H,21,27)(H,22,26). The van der Waals surface area contributed by atoms with Gasteiger partial charge in [-0.15, -0.1) is 0 Å². The fourth-order valence-corrected chi connectivity index (χ4v) is 4.13. The molecule has 2 N–H and O–H groups in total. The molecule has 3 fully saturated rings. The summed E-state index contributed by atoms with van der Waals surface area (Å²) in [5, 5.41) is 5.74. The number of likely N-dealkylation sites (tertiary alicyclic amines) is 2. The van der Waals surface area contributed by atoms with Crippen LogP contribution in [0.4, 0.5) is 21.0 Å². The molecule has 0 radical (unpaired) electrons. The first-order valence-electron chi connectivity index (χ1n) is 10.1. The molecule has 3 heterocycles. The van der Waals surface area contributed by atoms with Crippen molar-refractivity contribution < 1.29 is 14.4 Å². The van der Waals surface area contributed by atoms with Crippen LogP contribution >= 0.6 is 0 Å². The molecule has 0 aliphatic carbocycles. The van der Waals surface area contributed by atoms with E-state index in [1.807, 2.05) is 34.1 Å². The summed E-state index contributed by atoms with van der Waals surface area (Å²) in [5.41, 5.74) is 1.55. The predicted molar refractivity (Wildman–Crippen MR) is 106 cm³/mol. The molecule has 0 aromatic heterocycles. The van der Waals surface area contributed by atoms with E-state index in [9.17, 15) is 14.4 Å². The molecule has 1 aromatic rings. The number of carbonyl (C=O) groups is 3. The number of benzene rings is 1. The Kier molecular flexibility index (Phi) is 5.36. The number of carbonyl (C=O) groups excluding carboxylic acids is 3. The van der Waals surface area contributed by atoms with Crippen molar-refractivity contribution in [3.05, 3.63) is 24.3 Å². The van der Waals surface area contributed by atoms with Crippen LogP contribution in [0.15, 0.2) is 24.3 Å². The maximum atomic E-state index is 12.6. The Labute approximate surface area is 164 Å². The zero-order valence-electron chi connectivity index (χ0n) is 16.0. The van der Waals surface area contributed by atoms with Gasteiger partial charge in [-0.1, -0.05) is 0 Å². The van der Waals surface area contributed by atoms with E-state index in [1.165, 1.54) is 0 Å². The van der Waals surface area contributed by atoms with Crippen molar-refractivity contribution in [2.75, 3.05) is 49.5 Å². The van der Waals surface area contributed by atoms with Gasteiger partial charge < -0.3 is 20.4 Å². The van der Waals surface area contributed by atoms with Gasteiger partial charge >= 0.3 is 12.1 Å². The molecule has 0 unspecified atom stereocenters. The van der Waals surface area contributed by atoms with Crippen molar-refractivity contribution in [3.8, 4) is 0 Å². The molecule has 3 aliphatic rings. The van der Waals surface area contributed by atoms with Crippen LogP contribution in [0.1, 0.15) is 25.7 Å². The molecule has 0 saturated carbocycles. The molecule has 0 spiro atoms. The molecule has 5 amide bonds. The van der Waals surface area contributed by atoms with E-state index in [0.29, 0.717) is 39.0 Å². The zero-order valence-corrected chi connectivity index (χ0v) is 16.0. The molecule has 4 rings (SSSR count). The third kappa shape index (κ3) is 3.90. The molecular formula is C20H27N5O3. The lowest BCUT2D eigenvalue weighted by Crippen LogP contribution is -2.47. The number of piperidine rings is 1. The molecule has 0 bridgehead atoms. The summed E-state index contributed by atoms with van der Waals surface area (Å²) < 4.78 is 0. The van der Waals surface area contributed by atoms with Crippen molar-refractivity contribution in [3.63, 3.8) is 0 Å². The van der Waals surface area contributed by atoms with Crippen molar-refractivity contribution >= 4 is 29.3 Å². The van der Waals surface area contributed by atoms with E-state index in [0.717, 1.165) is 37.3 Å². The third-order valence-corrected chi connectivity index (χ3v) is 5.82. The Bertz CT molecular complexity index is 737. The highest BCUT2D eigenvalue weighted by atomic mass is 16.2. The second kappa shape index (κ2) is 8.08. The van der Waals surface area contributed by atoms with Gasteiger partial charge in [-0.2, -0.15) is 0 Å². The normalized spacial score (nSPS) is 20.4. The number of urea groups is 2. The van der Waals surface area contributed by atoms with Crippen LogP contribution in [0.2, 0.25) is 0 Å². The Morgan fingerprint density at radius 1 is 0.929 bits per heavy atom. The van der Waals surface area contributed by atoms with Gasteiger partial charge in [0.1, 0.15) is 0 Å². The molecule has 1 aromatic carbocycles. The number of nitrogens with zero attached hydrogens (tertiary/aromatic N) is 3. The summed E-state index contributed by atoms with van der Waals surface area (Å²) in [5.74, 6) is -0.0772. The Balaban J connectivity index is 1.27. The number of amides is 5. The minimum atomic E-state index is -0.0907. The highest BCUT2D eigenvalue weighted by Gasteiger charge is 2.30. The van der Waals surface area contributed by atoms with Crippen molar-refractivity contribution in [2.24, 2.45) is 5.92 Å². The fraction of sp³-hybridized carbons (Fsp3) is 0.550. The second-order valence-electron chi connectivity index (χ2n) is 7.66. The van der Waals surface area contributed by atoms with Crippen molar-refractivity contribution in [1.29, 1.82) is 0 Å². The molecule has 3 aliphatic heterocycles. The van der Waals surface area contributed by atoms with E-state index in [2.05, 4.69) is 10.6 Å². The Hall–Kier alpha value is -2.77. The summed E-state index contributed by atoms with van der Waals surface area (Å²) in [6.45, 7) is 4.28. The minimum Gasteiger partial charge on any atom is -0.336 e. The number of hydrogen-bond acceptors (Lipinski definition) is 3. The summed E-state index contributed by atoms with van der Waals surface area (Å²) in [7, 11) is 0. The van der Waals surface area contributed by atoms with Gasteiger partial charge in [-0.25, -0.2) is 9.59 Å². The fourth-order valence-electron chi connectivity index (χ4n) is 4.13. The lowest BCUT2D eigenvalue weighted by Gasteiger charge is -2.34. The summed E-state index contributed by atoms with van der Waals surface area (Å²) >= 11 is 0. The van der Waals surface area contributed by atoms with Gasteiger partial charge in [0.2, 0.25) is 5.91 Å². The number of nitrogens with one attached hydrogen (secondary N) is 2. The van der Waals surface area contributed by atoms with Crippen molar-refractivity contribution in [2.45, 2.75) is 25.7 Å². The maximum absolute atomic E-state index is 12.6. The smallest absolute Gasteiger partial charge is 0.321 e. The molecule has 8 nitrogen and oxygen atoms in total. The minimum absolute atomic E-state index is 0.0000583. The lowest BCUT2D eigenvalue weighted by atomic mass is 9.96. The van der Waals surface area contributed by atoms with Crippen molar-refractivity contribution in [1.82, 2.24) is 15.1 Å². The Morgan fingerprint density at radius 2 is 1.57 bits per heavy atom. The highest BCUT2D eigenvalue weighted by Crippen LogP contribution is 2.23. The monoisotopic (exact) mass is 385 g/mol. The summed E-state index contributed by atoms with van der Waals surface area (Å²) in [4.78, 5) is 42.2. The quantitative estimate of drug-likeness (QED) is 0.835. The largest absolute Gasteiger partial charge is 0.336 e. The summed E-state index contributed by atoms with van der Waals surface area (Å²) in [6, 6.07) is 7.37. The number of hydrogen-bond donors (Lipinski definition) is 2. The molecule has 3 saturated heterocycles. The van der Waals surface area contributed by atoms with Gasteiger partial charge in [0, 0.05) is 56.6 Å². The molecule has 0 atom stereocenters. The van der Waals surface area contributed by atoms with E-state index < -0.39 is 0 Å². The first kappa shape index (κ1) is 18.6. The molecule has 150 valence electrons. The molecule has 8 heteroatoms. The summed E-state index contributed by atoms with van der Waals surface area (Å²) in [6.07, 6.45) is 3.56. The van der Waals surface area contributed by atoms with Crippen LogP contribution in [0.25, 0.3) is 0 Å². The van der Waals surface area contributed by atoms with Crippen LogP contribution in [0, 0.1) is 5.92 Å². The topological polar surface area (TPSA) is 85.0 Å². The van der Waals surface area contributed by atoms with E-state index in [-0.39, 0.29) is 23.9 Å². The van der Waals surface area contributed by atoms with Crippen LogP contribution in [-0.2, 0) is 4.79 Å². The highest BCUT2D eigenvalue weighted by molar-refractivity contribution is 5.95. The number of rotatable bonds is 3. The average Bonchev–Trinajstić information content (AvgIpc) is 3.40. The van der Waals surface area contributed by atoms with E-state index in [4.69, 9.17) is 0 Å². The van der Waals surface area contributed by atoms with Gasteiger partial charge in [0.25, 0.3) is 0 Å². The second-order valence-corrected chi connectivity index (χ2v) is 7.66. The van der Waals surface area contributed by atoms with Gasteiger partial charge in [0.15, 0.2) is 0 Å². The van der Waals surface area contributed by atoms with Crippen LogP contribution in [0.5, 0.6) is 0 Å². The van der Waals surface area contributed by atoms with Gasteiger partial charge in [-0.3, -0.25) is 9.69 Å². The van der Waals surface area contributed by atoms with E-state index in [1.54, 1.807) is 4.90 Å². The van der Waals surface area contributed by atoms with Crippen LogP contribution in [-0.4, -0.2) is 67.0 Å². The average molecular weight is 385 g/mol. The maximum Gasteiger partial charge on any atom is 0.321 e. The molecular weight excluding hydrogens is 358 g/mol. The SMILES string of the molecule is O=C(Nc1ccc(N2CCNC2=O)cc1)C1CCN(C(=O)N2CCCC2)CC1. The first-order valence-corrected chi connectivity index (χ1v) is 10.1. The van der Waals surface area contributed by atoms with Crippen LogP contribution < -0.4 is 15.5 Å². The van der Waals surface area contributed by atoms with Gasteiger partial charge in [-0.05, 0) is 49.9 Å². The first-order chi connectivity index (χ1) is 13.6. The van der Waals surface area contributed by atoms with Crippen LogP contribution in [0.3, 0.4) is 0 Å². The molecule has 28 heavy (non-hydrogen) atoms. The van der Waals surface area contributed by atoms with E-state index >= 15 is 0 Å². The van der Waals surface area contributed by atoms with Gasteiger partial charge in [0.05, 0.1) is 0 Å². The zero-order chi connectivity index (χ0) is 19.5. The Morgan fingerprint density at radius 3 is 2.18 bits per heavy atom. The number of anilines is 2. The lowest BCUT2D eigenvalue weighted by molar-refractivity contribution is -0.121.